The average Bonchev–Trinajstić information content (AvgIpc) is 2.75. The van der Waals surface area contributed by atoms with Crippen LogP contribution in [0.3, 0.4) is 0 Å². The van der Waals surface area contributed by atoms with E-state index in [2.05, 4.69) is 10.3 Å². The first kappa shape index (κ1) is 25.6. The minimum absolute atomic E-state index is 0.0371. The largest absolute Gasteiger partial charge is 0.496 e. The Hall–Kier alpha value is -3.04. The number of halogens is 4. The molecule has 0 saturated heterocycles. The standard InChI is InChI=1S/C24H25ClF3N3O3/c1-22(2,16-9-7-14(25)11-20(16)34-3)12-23(33,24(26,27)28)13-30-17-5-4-6-18-15(17)8-10-19(31-18)21(29)32/h4-11,30,33H,12-13H2,1-3H3,(H2,29,32). The summed E-state index contributed by atoms with van der Waals surface area (Å²) in [5.74, 6) is -0.382. The highest BCUT2D eigenvalue weighted by Crippen LogP contribution is 2.44. The number of ether oxygens (including phenoxy) is 1. The summed E-state index contributed by atoms with van der Waals surface area (Å²) in [4.78, 5) is 15.5. The SMILES string of the molecule is COc1cc(Cl)ccc1C(C)(C)CC(O)(CNc1cccc2nc(C(N)=O)ccc12)C(F)(F)F. The lowest BCUT2D eigenvalue weighted by atomic mass is 9.74. The summed E-state index contributed by atoms with van der Waals surface area (Å²) in [5.41, 5.74) is 2.27. The highest BCUT2D eigenvalue weighted by Gasteiger charge is 2.56. The van der Waals surface area contributed by atoms with Gasteiger partial charge in [0.25, 0.3) is 5.91 Å². The molecule has 1 atom stereocenters. The molecule has 1 amide bonds. The minimum Gasteiger partial charge on any atom is -0.496 e. The van der Waals surface area contributed by atoms with Crippen LogP contribution in [0.2, 0.25) is 5.02 Å². The van der Waals surface area contributed by atoms with Gasteiger partial charge in [-0.1, -0.05) is 37.6 Å². The summed E-state index contributed by atoms with van der Waals surface area (Å²) < 4.78 is 47.8. The topological polar surface area (TPSA) is 97.5 Å². The fraction of sp³-hybridized carbons (Fsp3) is 0.333. The van der Waals surface area contributed by atoms with Crippen LogP contribution in [0.15, 0.2) is 48.5 Å². The van der Waals surface area contributed by atoms with Crippen LogP contribution in [0, 0.1) is 0 Å². The number of hydrogen-bond donors (Lipinski definition) is 3. The third kappa shape index (κ3) is 5.20. The Morgan fingerprint density at radius 1 is 1.18 bits per heavy atom. The van der Waals surface area contributed by atoms with Gasteiger partial charge in [-0.3, -0.25) is 4.79 Å². The predicted molar refractivity (Wildman–Crippen MR) is 125 cm³/mol. The summed E-state index contributed by atoms with van der Waals surface area (Å²) in [5, 5.41) is 14.5. The predicted octanol–water partition coefficient (Wildman–Crippen LogP) is 5.07. The second kappa shape index (κ2) is 9.31. The fourth-order valence-electron chi connectivity index (χ4n) is 4.00. The number of fused-ring (bicyclic) bond motifs is 1. The molecular weight excluding hydrogens is 471 g/mol. The summed E-state index contributed by atoms with van der Waals surface area (Å²) in [6.45, 7) is 2.39. The third-order valence-corrected chi connectivity index (χ3v) is 5.95. The maximum absolute atomic E-state index is 14.1. The second-order valence-corrected chi connectivity index (χ2v) is 9.16. The van der Waals surface area contributed by atoms with Gasteiger partial charge in [0.15, 0.2) is 5.60 Å². The molecular formula is C24H25ClF3N3O3. The molecule has 10 heteroatoms. The number of nitrogens with two attached hydrogens (primary N) is 1. The zero-order chi connectivity index (χ0) is 25.3. The number of carbonyl (C=O) groups excluding carboxylic acids is 1. The molecule has 0 aliphatic heterocycles. The van der Waals surface area contributed by atoms with E-state index in [1.807, 2.05) is 0 Å². The quantitative estimate of drug-likeness (QED) is 0.405. The van der Waals surface area contributed by atoms with E-state index in [1.165, 1.54) is 19.2 Å². The number of methoxy groups -OCH3 is 1. The smallest absolute Gasteiger partial charge is 0.418 e. The maximum atomic E-state index is 14.1. The van der Waals surface area contributed by atoms with Gasteiger partial charge in [0, 0.05) is 16.1 Å². The number of alkyl halides is 3. The molecule has 1 unspecified atom stereocenters. The average molecular weight is 496 g/mol. The lowest BCUT2D eigenvalue weighted by molar-refractivity contribution is -0.260. The van der Waals surface area contributed by atoms with Crippen molar-refractivity contribution in [2.45, 2.75) is 37.5 Å². The van der Waals surface area contributed by atoms with Crippen molar-refractivity contribution in [3.8, 4) is 5.75 Å². The normalized spacial score (nSPS) is 14.0. The van der Waals surface area contributed by atoms with Crippen molar-refractivity contribution < 1.29 is 27.8 Å². The van der Waals surface area contributed by atoms with E-state index in [-0.39, 0.29) is 5.69 Å². The van der Waals surface area contributed by atoms with Crippen molar-refractivity contribution in [1.82, 2.24) is 4.98 Å². The summed E-state index contributed by atoms with van der Waals surface area (Å²) in [6.07, 6.45) is -5.58. The highest BCUT2D eigenvalue weighted by molar-refractivity contribution is 6.30. The summed E-state index contributed by atoms with van der Waals surface area (Å²) in [7, 11) is 1.40. The van der Waals surface area contributed by atoms with Crippen LogP contribution in [0.5, 0.6) is 5.75 Å². The van der Waals surface area contributed by atoms with E-state index in [4.69, 9.17) is 22.1 Å². The van der Waals surface area contributed by atoms with Crippen molar-refractivity contribution >= 4 is 34.1 Å². The number of pyridine rings is 1. The molecule has 3 rings (SSSR count). The van der Waals surface area contributed by atoms with Crippen LogP contribution in [0.25, 0.3) is 10.9 Å². The number of primary amides is 1. The number of rotatable bonds is 8. The molecule has 1 aromatic heterocycles. The van der Waals surface area contributed by atoms with Gasteiger partial charge < -0.3 is 20.9 Å². The number of nitrogens with zero attached hydrogens (tertiary/aromatic N) is 1. The van der Waals surface area contributed by atoms with E-state index in [9.17, 15) is 23.1 Å². The molecule has 0 spiro atoms. The van der Waals surface area contributed by atoms with Gasteiger partial charge in [-0.25, -0.2) is 4.98 Å². The number of anilines is 1. The molecule has 0 fully saturated rings. The first-order valence-electron chi connectivity index (χ1n) is 10.3. The minimum atomic E-state index is -4.93. The van der Waals surface area contributed by atoms with Crippen LogP contribution < -0.4 is 15.8 Å². The number of hydrogen-bond acceptors (Lipinski definition) is 5. The molecule has 2 aromatic carbocycles. The Morgan fingerprint density at radius 2 is 1.88 bits per heavy atom. The second-order valence-electron chi connectivity index (χ2n) is 8.72. The first-order chi connectivity index (χ1) is 15.8. The Kier molecular flexibility index (Phi) is 7.00. The number of nitrogens with one attached hydrogen (secondary N) is 1. The molecule has 0 aliphatic carbocycles. The molecule has 6 nitrogen and oxygen atoms in total. The lowest BCUT2D eigenvalue weighted by Gasteiger charge is -2.38. The Balaban J connectivity index is 1.93. The van der Waals surface area contributed by atoms with E-state index < -0.39 is 36.1 Å². The summed E-state index contributed by atoms with van der Waals surface area (Å²) in [6, 6.07) is 12.4. The molecule has 3 aromatic rings. The molecule has 4 N–H and O–H groups in total. The molecule has 0 bridgehead atoms. The maximum Gasteiger partial charge on any atom is 0.418 e. The number of carbonyl (C=O) groups is 1. The number of aliphatic hydroxyl groups is 1. The Morgan fingerprint density at radius 3 is 2.50 bits per heavy atom. The van der Waals surface area contributed by atoms with Crippen LogP contribution in [-0.4, -0.2) is 41.4 Å². The third-order valence-electron chi connectivity index (χ3n) is 5.71. The zero-order valence-electron chi connectivity index (χ0n) is 18.8. The molecule has 0 radical (unpaired) electrons. The van der Waals surface area contributed by atoms with Crippen molar-refractivity contribution in [3.05, 3.63) is 64.8 Å². The molecule has 182 valence electrons. The molecule has 0 aliphatic rings. The van der Waals surface area contributed by atoms with Gasteiger partial charge in [-0.15, -0.1) is 0 Å². The van der Waals surface area contributed by atoms with Crippen molar-refractivity contribution in [3.63, 3.8) is 0 Å². The van der Waals surface area contributed by atoms with Gasteiger partial charge in [-0.2, -0.15) is 13.2 Å². The molecule has 34 heavy (non-hydrogen) atoms. The van der Waals surface area contributed by atoms with E-state index >= 15 is 0 Å². The van der Waals surface area contributed by atoms with Crippen LogP contribution in [0.4, 0.5) is 18.9 Å². The number of benzene rings is 2. The van der Waals surface area contributed by atoms with Crippen molar-refractivity contribution in [2.24, 2.45) is 5.73 Å². The van der Waals surface area contributed by atoms with E-state index in [0.717, 1.165) is 0 Å². The molecule has 0 saturated carbocycles. The van der Waals surface area contributed by atoms with Gasteiger partial charge in [0.1, 0.15) is 11.4 Å². The number of aromatic nitrogens is 1. The van der Waals surface area contributed by atoms with Crippen molar-refractivity contribution in [2.75, 3.05) is 19.0 Å². The van der Waals surface area contributed by atoms with Crippen LogP contribution in [0.1, 0.15) is 36.3 Å². The lowest BCUT2D eigenvalue weighted by Crippen LogP contribution is -2.53. The van der Waals surface area contributed by atoms with Crippen LogP contribution >= 0.6 is 11.6 Å². The van der Waals surface area contributed by atoms with Gasteiger partial charge in [0.05, 0.1) is 19.2 Å². The van der Waals surface area contributed by atoms with Crippen LogP contribution in [-0.2, 0) is 5.41 Å². The Bertz CT molecular complexity index is 1220. The zero-order valence-corrected chi connectivity index (χ0v) is 19.6. The first-order valence-corrected chi connectivity index (χ1v) is 10.7. The Labute approximate surface area is 199 Å². The van der Waals surface area contributed by atoms with E-state index in [0.29, 0.717) is 32.9 Å². The van der Waals surface area contributed by atoms with Crippen molar-refractivity contribution in [1.29, 1.82) is 0 Å². The van der Waals surface area contributed by atoms with Gasteiger partial charge in [0.2, 0.25) is 0 Å². The summed E-state index contributed by atoms with van der Waals surface area (Å²) >= 11 is 5.99. The monoisotopic (exact) mass is 495 g/mol. The fourth-order valence-corrected chi connectivity index (χ4v) is 4.16. The van der Waals surface area contributed by atoms with Gasteiger partial charge >= 0.3 is 6.18 Å². The molecule has 1 heterocycles. The van der Waals surface area contributed by atoms with E-state index in [1.54, 1.807) is 50.2 Å². The highest BCUT2D eigenvalue weighted by atomic mass is 35.5. The number of amides is 1. The van der Waals surface area contributed by atoms with Gasteiger partial charge in [-0.05, 0) is 53.8 Å².